The highest BCUT2D eigenvalue weighted by Gasteiger charge is 2.42. The van der Waals surface area contributed by atoms with Gasteiger partial charge in [0.2, 0.25) is 0 Å². The van der Waals surface area contributed by atoms with Gasteiger partial charge in [-0.25, -0.2) is 22.2 Å². The fourth-order valence-electron chi connectivity index (χ4n) is 4.77. The molecule has 194 valence electrons. The minimum atomic E-state index is -5.16. The molecule has 1 spiro atoms. The minimum Gasteiger partial charge on any atom is -0.503 e. The van der Waals surface area contributed by atoms with Crippen molar-refractivity contribution in [2.75, 3.05) is 36.1 Å². The Balaban J connectivity index is 1.53. The molecule has 0 radical (unpaired) electrons. The van der Waals surface area contributed by atoms with E-state index in [1.54, 1.807) is 6.07 Å². The Morgan fingerprint density at radius 3 is 2.50 bits per heavy atom. The first kappa shape index (κ1) is 24.7. The minimum absolute atomic E-state index is 0.0361. The van der Waals surface area contributed by atoms with Gasteiger partial charge in [0.15, 0.2) is 27.2 Å². The normalized spacial score (nSPS) is 19.8. The van der Waals surface area contributed by atoms with E-state index < -0.39 is 50.1 Å². The first-order chi connectivity index (χ1) is 16.8. The van der Waals surface area contributed by atoms with Crippen LogP contribution in [0.1, 0.15) is 18.4 Å². The summed E-state index contributed by atoms with van der Waals surface area (Å²) in [7, 11) is -1.58. The third-order valence-corrected chi connectivity index (χ3v) is 8.42. The Morgan fingerprint density at radius 1 is 1.14 bits per heavy atom. The number of morpholine rings is 1. The van der Waals surface area contributed by atoms with Gasteiger partial charge in [0.05, 0.1) is 34.8 Å². The lowest BCUT2D eigenvalue weighted by atomic mass is 9.94. The van der Waals surface area contributed by atoms with Crippen molar-refractivity contribution < 1.29 is 40.2 Å². The van der Waals surface area contributed by atoms with Crippen LogP contribution in [0.4, 0.5) is 27.8 Å². The number of nitrogens with zero attached hydrogens (tertiary/aromatic N) is 4. The topological polar surface area (TPSA) is 97.5 Å². The molecule has 0 atom stereocenters. The van der Waals surface area contributed by atoms with Crippen LogP contribution < -0.4 is 4.90 Å². The molecule has 0 unspecified atom stereocenters. The largest absolute Gasteiger partial charge is 0.503 e. The van der Waals surface area contributed by atoms with E-state index in [1.165, 1.54) is 17.9 Å². The lowest BCUT2D eigenvalue weighted by Crippen LogP contribution is -2.55. The van der Waals surface area contributed by atoms with Gasteiger partial charge >= 0.3 is 6.18 Å². The van der Waals surface area contributed by atoms with E-state index in [-0.39, 0.29) is 28.7 Å². The average molecular weight is 532 g/mol. The Kier molecular flexibility index (Phi) is 5.67. The smallest absolute Gasteiger partial charge is 0.419 e. The SMILES string of the molecule is Cn1nc(-c2cc(C(F)(F)F)c(F)c(O)c2F)c2cnc(N3CCOC4(CCS(=O)(=O)CC4)C3)cc21. The molecule has 36 heavy (non-hydrogen) atoms. The summed E-state index contributed by atoms with van der Waals surface area (Å²) in [5, 5.41) is 14.0. The Hall–Kier alpha value is -3.00. The van der Waals surface area contributed by atoms with Gasteiger partial charge in [-0.05, 0) is 18.9 Å². The summed E-state index contributed by atoms with van der Waals surface area (Å²) in [6, 6.07) is 1.92. The molecule has 2 aromatic heterocycles. The number of aromatic nitrogens is 3. The number of hydrogen-bond donors (Lipinski definition) is 1. The molecule has 0 saturated carbocycles. The third kappa shape index (κ3) is 4.15. The van der Waals surface area contributed by atoms with Crippen LogP contribution in [0.2, 0.25) is 0 Å². The number of ether oxygens (including phenoxy) is 1. The van der Waals surface area contributed by atoms with E-state index in [9.17, 15) is 35.5 Å². The van der Waals surface area contributed by atoms with Crippen molar-refractivity contribution in [2.45, 2.75) is 24.6 Å². The van der Waals surface area contributed by atoms with Gasteiger partial charge in [0.1, 0.15) is 11.5 Å². The fourth-order valence-corrected chi connectivity index (χ4v) is 6.34. The van der Waals surface area contributed by atoms with Crippen LogP contribution >= 0.6 is 0 Å². The summed E-state index contributed by atoms with van der Waals surface area (Å²) in [4.78, 5) is 6.33. The van der Waals surface area contributed by atoms with Crippen LogP contribution in [0.3, 0.4) is 0 Å². The second kappa shape index (κ2) is 8.26. The Morgan fingerprint density at radius 2 is 1.83 bits per heavy atom. The lowest BCUT2D eigenvalue weighted by molar-refractivity contribution is -0.140. The molecule has 3 aromatic rings. The molecular formula is C22H21F5N4O4S. The molecule has 1 aromatic carbocycles. The molecule has 5 rings (SSSR count). The number of sulfone groups is 1. The molecule has 4 heterocycles. The fraction of sp³-hybridized carbons (Fsp3) is 0.455. The van der Waals surface area contributed by atoms with Crippen LogP contribution in [-0.2, 0) is 27.8 Å². The number of hydrogen-bond acceptors (Lipinski definition) is 7. The van der Waals surface area contributed by atoms with Crippen LogP contribution in [0.5, 0.6) is 5.75 Å². The molecule has 14 heteroatoms. The van der Waals surface area contributed by atoms with Crippen molar-refractivity contribution in [3.8, 4) is 17.0 Å². The number of rotatable bonds is 2. The monoisotopic (exact) mass is 532 g/mol. The summed E-state index contributed by atoms with van der Waals surface area (Å²) >= 11 is 0. The number of aromatic hydroxyl groups is 1. The summed E-state index contributed by atoms with van der Waals surface area (Å²) in [6.07, 6.45) is -3.12. The van der Waals surface area contributed by atoms with E-state index in [0.717, 1.165) is 0 Å². The van der Waals surface area contributed by atoms with E-state index in [4.69, 9.17) is 4.74 Å². The zero-order valence-electron chi connectivity index (χ0n) is 18.9. The van der Waals surface area contributed by atoms with Crippen LogP contribution in [0.15, 0.2) is 18.3 Å². The van der Waals surface area contributed by atoms with Gasteiger partial charge in [0.25, 0.3) is 0 Å². The van der Waals surface area contributed by atoms with Gasteiger partial charge in [-0.1, -0.05) is 0 Å². The number of aryl methyl sites for hydroxylation is 1. The molecule has 0 bridgehead atoms. The van der Waals surface area contributed by atoms with Crippen molar-refractivity contribution in [1.29, 1.82) is 0 Å². The van der Waals surface area contributed by atoms with Crippen molar-refractivity contribution >= 4 is 26.6 Å². The van der Waals surface area contributed by atoms with Gasteiger partial charge in [-0.15, -0.1) is 0 Å². The van der Waals surface area contributed by atoms with Crippen LogP contribution in [0.25, 0.3) is 22.2 Å². The predicted octanol–water partition coefficient (Wildman–Crippen LogP) is 3.42. The maximum absolute atomic E-state index is 14.7. The zero-order chi connectivity index (χ0) is 26.0. The van der Waals surface area contributed by atoms with Crippen LogP contribution in [-0.4, -0.2) is 65.1 Å². The van der Waals surface area contributed by atoms with Gasteiger partial charge in [-0.3, -0.25) is 4.68 Å². The average Bonchev–Trinajstić information content (AvgIpc) is 3.15. The first-order valence-electron chi connectivity index (χ1n) is 11.0. The molecule has 0 aliphatic carbocycles. The molecule has 2 aliphatic heterocycles. The molecule has 2 saturated heterocycles. The summed E-state index contributed by atoms with van der Waals surface area (Å²) in [5.74, 6) is -4.82. The number of fused-ring (bicyclic) bond motifs is 1. The number of alkyl halides is 3. The second-order valence-corrected chi connectivity index (χ2v) is 11.4. The van der Waals surface area contributed by atoms with Gasteiger partial charge in [-0.2, -0.15) is 18.3 Å². The standard InChI is InChI=1S/C22H21F5N4O4S/c1-30-15-9-16(31-4-5-35-21(11-31)2-6-36(33,34)7-3-21)28-10-13(15)19(29-30)12-8-14(22(25,26)27)18(24)20(32)17(12)23/h8-10,32H,2-7,11H2,1H3. The Labute approximate surface area is 202 Å². The zero-order valence-corrected chi connectivity index (χ0v) is 19.8. The van der Waals surface area contributed by atoms with Crippen molar-refractivity contribution in [3.05, 3.63) is 35.5 Å². The van der Waals surface area contributed by atoms with Crippen molar-refractivity contribution in [2.24, 2.45) is 7.05 Å². The maximum Gasteiger partial charge on any atom is 0.419 e. The predicted molar refractivity (Wildman–Crippen MR) is 119 cm³/mol. The number of phenolic OH excluding ortho intramolecular Hbond substituents is 1. The molecule has 8 nitrogen and oxygen atoms in total. The summed E-state index contributed by atoms with van der Waals surface area (Å²) in [6.45, 7) is 1.24. The second-order valence-electron chi connectivity index (χ2n) is 9.08. The van der Waals surface area contributed by atoms with Crippen molar-refractivity contribution in [1.82, 2.24) is 14.8 Å². The quantitative estimate of drug-likeness (QED) is 0.505. The molecular weight excluding hydrogens is 511 g/mol. The first-order valence-corrected chi connectivity index (χ1v) is 12.8. The van der Waals surface area contributed by atoms with Gasteiger partial charge < -0.3 is 14.7 Å². The van der Waals surface area contributed by atoms with Crippen molar-refractivity contribution in [3.63, 3.8) is 0 Å². The molecule has 2 fully saturated rings. The highest BCUT2D eigenvalue weighted by molar-refractivity contribution is 7.91. The maximum atomic E-state index is 14.7. The molecule has 0 amide bonds. The molecule has 1 N–H and O–H groups in total. The van der Waals surface area contributed by atoms with E-state index in [1.807, 2.05) is 4.90 Å². The number of pyridine rings is 1. The van der Waals surface area contributed by atoms with E-state index in [2.05, 4.69) is 10.1 Å². The van der Waals surface area contributed by atoms with E-state index >= 15 is 0 Å². The lowest BCUT2D eigenvalue weighted by Gasteiger charge is -2.45. The Bertz CT molecular complexity index is 1460. The number of halogens is 5. The summed E-state index contributed by atoms with van der Waals surface area (Å²) in [5.41, 5.74) is -2.97. The third-order valence-electron chi connectivity index (χ3n) is 6.77. The number of anilines is 1. The highest BCUT2D eigenvalue weighted by Crippen LogP contribution is 2.42. The summed E-state index contributed by atoms with van der Waals surface area (Å²) < 4.78 is 99.4. The van der Waals surface area contributed by atoms with Crippen LogP contribution in [0, 0.1) is 11.6 Å². The van der Waals surface area contributed by atoms with Gasteiger partial charge in [0, 0.05) is 43.4 Å². The number of benzene rings is 1. The molecule has 2 aliphatic rings. The van der Waals surface area contributed by atoms with E-state index in [0.29, 0.717) is 43.9 Å². The number of phenols is 1. The highest BCUT2D eigenvalue weighted by atomic mass is 32.2.